The number of carbonyl (C=O) groups is 2. The largest absolute Gasteiger partial charge is 0.493 e. The monoisotopic (exact) mass is 370 g/mol. The summed E-state index contributed by atoms with van der Waals surface area (Å²) in [5.74, 6) is 0.670. The van der Waals surface area contributed by atoms with Crippen molar-refractivity contribution in [2.75, 3.05) is 20.3 Å². The number of aryl methyl sites for hydroxylation is 2. The van der Waals surface area contributed by atoms with Gasteiger partial charge in [0.25, 0.3) is 11.8 Å². The Morgan fingerprint density at radius 1 is 0.963 bits per heavy atom. The second-order valence-corrected chi connectivity index (χ2v) is 6.21. The number of hydrogen-bond donors (Lipinski definition) is 2. The highest BCUT2D eigenvalue weighted by molar-refractivity contribution is 5.94. The van der Waals surface area contributed by atoms with Crippen LogP contribution >= 0.6 is 0 Å². The number of carbonyl (C=O) groups excluding carboxylic acids is 2. The first-order valence-corrected chi connectivity index (χ1v) is 8.86. The molecule has 6 nitrogen and oxygen atoms in total. The molecule has 2 aromatic rings. The second-order valence-electron chi connectivity index (χ2n) is 6.21. The zero-order valence-corrected chi connectivity index (χ0v) is 16.2. The van der Waals surface area contributed by atoms with E-state index in [1.807, 2.05) is 45.0 Å². The minimum absolute atomic E-state index is 0.0763. The van der Waals surface area contributed by atoms with E-state index < -0.39 is 0 Å². The Bertz CT molecular complexity index is 818. The van der Waals surface area contributed by atoms with Crippen LogP contribution in [0.1, 0.15) is 34.0 Å². The van der Waals surface area contributed by atoms with Crippen molar-refractivity contribution in [2.45, 2.75) is 27.3 Å². The standard InChI is InChI=1S/C21H26N2O4/c1-5-22-20(24)13-27-18-9-7-16(11-19(18)26-4)12-23-21(25)17-8-6-14(2)15(3)10-17/h6-11H,5,12-13H2,1-4H3,(H,22,24)(H,23,25). The lowest BCUT2D eigenvalue weighted by molar-refractivity contribution is -0.123. The molecule has 27 heavy (non-hydrogen) atoms. The summed E-state index contributed by atoms with van der Waals surface area (Å²) in [6.45, 7) is 6.68. The van der Waals surface area contributed by atoms with Gasteiger partial charge in [0, 0.05) is 18.7 Å². The Balaban J connectivity index is 1.99. The fourth-order valence-electron chi connectivity index (χ4n) is 2.50. The zero-order valence-electron chi connectivity index (χ0n) is 16.2. The van der Waals surface area contributed by atoms with Crippen LogP contribution in [0, 0.1) is 13.8 Å². The average Bonchev–Trinajstić information content (AvgIpc) is 2.67. The number of benzene rings is 2. The van der Waals surface area contributed by atoms with E-state index in [1.54, 1.807) is 12.1 Å². The zero-order chi connectivity index (χ0) is 19.8. The van der Waals surface area contributed by atoms with E-state index in [4.69, 9.17) is 9.47 Å². The van der Waals surface area contributed by atoms with E-state index in [0.717, 1.165) is 16.7 Å². The fraction of sp³-hybridized carbons (Fsp3) is 0.333. The van der Waals surface area contributed by atoms with Gasteiger partial charge in [-0.2, -0.15) is 0 Å². The number of rotatable bonds is 8. The Morgan fingerprint density at radius 3 is 2.41 bits per heavy atom. The molecule has 2 rings (SSSR count). The lowest BCUT2D eigenvalue weighted by Gasteiger charge is -2.13. The molecule has 0 heterocycles. The van der Waals surface area contributed by atoms with Crippen LogP contribution in [0.2, 0.25) is 0 Å². The van der Waals surface area contributed by atoms with Crippen LogP contribution in [0.15, 0.2) is 36.4 Å². The molecule has 2 amide bonds. The van der Waals surface area contributed by atoms with Gasteiger partial charge in [-0.25, -0.2) is 0 Å². The minimum atomic E-state index is -0.190. The summed E-state index contributed by atoms with van der Waals surface area (Å²) in [5, 5.41) is 5.57. The first-order valence-electron chi connectivity index (χ1n) is 8.86. The molecule has 0 saturated heterocycles. The smallest absolute Gasteiger partial charge is 0.257 e. The molecule has 0 atom stereocenters. The highest BCUT2D eigenvalue weighted by atomic mass is 16.5. The van der Waals surface area contributed by atoms with Crippen LogP contribution < -0.4 is 20.1 Å². The summed E-state index contributed by atoms with van der Waals surface area (Å²) in [7, 11) is 1.53. The second kappa shape index (κ2) is 9.62. The van der Waals surface area contributed by atoms with Crippen molar-refractivity contribution in [3.8, 4) is 11.5 Å². The molecule has 0 spiro atoms. The number of amides is 2. The maximum atomic E-state index is 12.3. The van der Waals surface area contributed by atoms with Crippen LogP contribution in [0.3, 0.4) is 0 Å². The first-order chi connectivity index (χ1) is 12.9. The molecule has 6 heteroatoms. The Labute approximate surface area is 159 Å². The molecular weight excluding hydrogens is 344 g/mol. The van der Waals surface area contributed by atoms with Gasteiger partial charge in [0.1, 0.15) is 0 Å². The summed E-state index contributed by atoms with van der Waals surface area (Å²) < 4.78 is 10.8. The molecule has 2 aromatic carbocycles. The van der Waals surface area contributed by atoms with E-state index in [2.05, 4.69) is 10.6 Å². The Morgan fingerprint density at radius 2 is 1.74 bits per heavy atom. The molecule has 0 aliphatic heterocycles. The highest BCUT2D eigenvalue weighted by Crippen LogP contribution is 2.28. The van der Waals surface area contributed by atoms with E-state index >= 15 is 0 Å². The van der Waals surface area contributed by atoms with Crippen LogP contribution in [-0.2, 0) is 11.3 Å². The van der Waals surface area contributed by atoms with Crippen molar-refractivity contribution in [1.82, 2.24) is 10.6 Å². The molecule has 144 valence electrons. The van der Waals surface area contributed by atoms with E-state index in [-0.39, 0.29) is 18.4 Å². The van der Waals surface area contributed by atoms with Gasteiger partial charge in [-0.15, -0.1) is 0 Å². The summed E-state index contributed by atoms with van der Waals surface area (Å²) in [5.41, 5.74) is 3.73. The third kappa shape index (κ3) is 5.74. The molecule has 0 radical (unpaired) electrons. The normalized spacial score (nSPS) is 10.2. The molecule has 0 aromatic heterocycles. The number of hydrogen-bond acceptors (Lipinski definition) is 4. The minimum Gasteiger partial charge on any atom is -0.493 e. The Hall–Kier alpha value is -3.02. The van der Waals surface area contributed by atoms with Crippen LogP contribution in [0.4, 0.5) is 0 Å². The third-order valence-electron chi connectivity index (χ3n) is 4.18. The van der Waals surface area contributed by atoms with Gasteiger partial charge < -0.3 is 20.1 Å². The number of nitrogens with one attached hydrogen (secondary N) is 2. The molecule has 0 aliphatic carbocycles. The first kappa shape index (κ1) is 20.3. The molecule has 0 aliphatic rings. The number of ether oxygens (including phenoxy) is 2. The fourth-order valence-corrected chi connectivity index (χ4v) is 2.50. The molecule has 0 unspecified atom stereocenters. The van der Waals surface area contributed by atoms with E-state index in [9.17, 15) is 9.59 Å². The third-order valence-corrected chi connectivity index (χ3v) is 4.18. The van der Waals surface area contributed by atoms with Crippen molar-refractivity contribution >= 4 is 11.8 Å². The lowest BCUT2D eigenvalue weighted by Crippen LogP contribution is -2.28. The Kier molecular flexibility index (Phi) is 7.23. The summed E-state index contributed by atoms with van der Waals surface area (Å²) in [6.07, 6.45) is 0. The average molecular weight is 370 g/mol. The number of methoxy groups -OCH3 is 1. The van der Waals surface area contributed by atoms with Crippen molar-refractivity contribution < 1.29 is 19.1 Å². The summed E-state index contributed by atoms with van der Waals surface area (Å²) >= 11 is 0. The maximum Gasteiger partial charge on any atom is 0.257 e. The topological polar surface area (TPSA) is 76.7 Å². The van der Waals surface area contributed by atoms with Gasteiger partial charge in [-0.1, -0.05) is 12.1 Å². The van der Waals surface area contributed by atoms with Crippen molar-refractivity contribution in [3.05, 3.63) is 58.7 Å². The molecule has 2 N–H and O–H groups in total. The SMILES string of the molecule is CCNC(=O)COc1ccc(CNC(=O)c2ccc(C)c(C)c2)cc1OC. The van der Waals surface area contributed by atoms with Gasteiger partial charge in [-0.3, -0.25) is 9.59 Å². The quantitative estimate of drug-likeness (QED) is 0.749. The van der Waals surface area contributed by atoms with Crippen LogP contribution in [0.5, 0.6) is 11.5 Å². The van der Waals surface area contributed by atoms with Crippen molar-refractivity contribution in [1.29, 1.82) is 0 Å². The van der Waals surface area contributed by atoms with Crippen molar-refractivity contribution in [3.63, 3.8) is 0 Å². The molecule has 0 saturated carbocycles. The van der Waals surface area contributed by atoms with Gasteiger partial charge in [0.05, 0.1) is 7.11 Å². The van der Waals surface area contributed by atoms with Gasteiger partial charge in [-0.05, 0) is 61.7 Å². The summed E-state index contributed by atoms with van der Waals surface area (Å²) in [4.78, 5) is 23.8. The lowest BCUT2D eigenvalue weighted by atomic mass is 10.1. The predicted octanol–water partition coefficient (Wildman–Crippen LogP) is 2.76. The van der Waals surface area contributed by atoms with E-state index in [0.29, 0.717) is 30.2 Å². The molecular formula is C21H26N2O4. The summed E-state index contributed by atoms with van der Waals surface area (Å²) in [6, 6.07) is 11.0. The van der Waals surface area contributed by atoms with Gasteiger partial charge in [0.15, 0.2) is 18.1 Å². The van der Waals surface area contributed by atoms with Crippen molar-refractivity contribution in [2.24, 2.45) is 0 Å². The van der Waals surface area contributed by atoms with E-state index in [1.165, 1.54) is 7.11 Å². The van der Waals surface area contributed by atoms with Gasteiger partial charge >= 0.3 is 0 Å². The van der Waals surface area contributed by atoms with Gasteiger partial charge in [0.2, 0.25) is 0 Å². The van der Waals surface area contributed by atoms with Crippen LogP contribution in [-0.4, -0.2) is 32.1 Å². The maximum absolute atomic E-state index is 12.3. The predicted molar refractivity (Wildman–Crippen MR) is 104 cm³/mol. The number of likely N-dealkylation sites (N-methyl/N-ethyl adjacent to an activating group) is 1. The van der Waals surface area contributed by atoms with Crippen LogP contribution in [0.25, 0.3) is 0 Å². The molecule has 0 fully saturated rings. The highest BCUT2D eigenvalue weighted by Gasteiger charge is 2.10. The molecule has 0 bridgehead atoms.